The monoisotopic (exact) mass is 346 g/mol. The summed E-state index contributed by atoms with van der Waals surface area (Å²) >= 11 is 0. The van der Waals surface area contributed by atoms with E-state index in [4.69, 9.17) is 0 Å². The van der Waals surface area contributed by atoms with Gasteiger partial charge in [-0.2, -0.15) is 8.42 Å². The van der Waals surface area contributed by atoms with Crippen molar-refractivity contribution in [1.82, 2.24) is 4.98 Å². The zero-order valence-electron chi connectivity index (χ0n) is 13.6. The molecule has 1 N–H and O–H groups in total. The molecule has 0 aliphatic carbocycles. The Balaban J connectivity index is 1.86. The van der Waals surface area contributed by atoms with E-state index in [-0.39, 0.29) is 12.3 Å². The molecule has 3 rings (SSSR count). The first-order valence-corrected chi connectivity index (χ1v) is 8.76. The molecule has 1 aliphatic rings. The lowest BCUT2D eigenvalue weighted by atomic mass is 10.1. The molecule has 0 bridgehead atoms. The molecule has 0 saturated heterocycles. The zero-order valence-corrected chi connectivity index (χ0v) is 14.5. The maximum absolute atomic E-state index is 12.2. The normalized spacial score (nSPS) is 15.3. The lowest BCUT2D eigenvalue weighted by molar-refractivity contribution is -0.115. The summed E-state index contributed by atoms with van der Waals surface area (Å²) in [6.45, 7) is 1.83. The highest BCUT2D eigenvalue weighted by molar-refractivity contribution is 7.94. The third kappa shape index (κ3) is 2.69. The van der Waals surface area contributed by atoms with Crippen LogP contribution in [0.3, 0.4) is 0 Å². The molecular formula is C16H18N4O3S. The molecule has 7 nitrogen and oxygen atoms in total. The van der Waals surface area contributed by atoms with E-state index < -0.39 is 10.2 Å². The predicted molar refractivity (Wildman–Crippen MR) is 93.5 cm³/mol. The largest absolute Gasteiger partial charge is 0.326 e. The molecule has 126 valence electrons. The molecule has 1 aliphatic heterocycles. The fraction of sp³-hybridized carbons (Fsp3) is 0.250. The summed E-state index contributed by atoms with van der Waals surface area (Å²) in [5, 5.41) is 2.84. The van der Waals surface area contributed by atoms with Gasteiger partial charge in [-0.05, 0) is 36.2 Å². The van der Waals surface area contributed by atoms with Gasteiger partial charge in [0.25, 0.3) is 0 Å². The third-order valence-electron chi connectivity index (χ3n) is 4.05. The van der Waals surface area contributed by atoms with Crippen LogP contribution >= 0.6 is 0 Å². The fourth-order valence-electron chi connectivity index (χ4n) is 2.64. The number of nitrogens with zero attached hydrogens (tertiary/aromatic N) is 3. The van der Waals surface area contributed by atoms with Gasteiger partial charge in [0.15, 0.2) is 0 Å². The van der Waals surface area contributed by atoms with Crippen molar-refractivity contribution in [3.8, 4) is 0 Å². The van der Waals surface area contributed by atoms with E-state index >= 15 is 0 Å². The predicted octanol–water partition coefficient (Wildman–Crippen LogP) is 1.70. The molecule has 0 spiro atoms. The summed E-state index contributed by atoms with van der Waals surface area (Å²) in [6, 6.07) is 7.05. The third-order valence-corrected chi connectivity index (χ3v) is 5.83. The molecule has 2 aromatic rings. The second kappa shape index (κ2) is 5.79. The molecule has 0 radical (unpaired) electrons. The molecule has 0 fully saturated rings. The van der Waals surface area contributed by atoms with Crippen molar-refractivity contribution >= 4 is 33.2 Å². The maximum atomic E-state index is 12.2. The van der Waals surface area contributed by atoms with Gasteiger partial charge in [-0.25, -0.2) is 0 Å². The number of aromatic nitrogens is 1. The van der Waals surface area contributed by atoms with E-state index in [1.54, 1.807) is 30.6 Å². The van der Waals surface area contributed by atoms with Crippen molar-refractivity contribution in [3.05, 3.63) is 47.8 Å². The van der Waals surface area contributed by atoms with Crippen LogP contribution in [0.1, 0.15) is 11.1 Å². The van der Waals surface area contributed by atoms with Crippen molar-refractivity contribution in [1.29, 1.82) is 0 Å². The van der Waals surface area contributed by atoms with Crippen molar-refractivity contribution in [2.45, 2.75) is 13.3 Å². The van der Waals surface area contributed by atoms with Crippen molar-refractivity contribution in [3.63, 3.8) is 0 Å². The summed E-state index contributed by atoms with van der Waals surface area (Å²) in [6.07, 6.45) is 3.50. The van der Waals surface area contributed by atoms with Gasteiger partial charge in [-0.3, -0.25) is 18.4 Å². The summed E-state index contributed by atoms with van der Waals surface area (Å²) in [5.41, 5.74) is 3.35. The number of hydrogen-bond acceptors (Lipinski definition) is 4. The molecule has 24 heavy (non-hydrogen) atoms. The van der Waals surface area contributed by atoms with Gasteiger partial charge in [0.2, 0.25) is 5.91 Å². The summed E-state index contributed by atoms with van der Waals surface area (Å²) in [7, 11) is -0.522. The first kappa shape index (κ1) is 16.3. The number of carbonyl (C=O) groups excluding carboxylic acids is 1. The van der Waals surface area contributed by atoms with E-state index in [9.17, 15) is 13.2 Å². The second-order valence-corrected chi connectivity index (χ2v) is 7.68. The Labute approximate surface area is 141 Å². The molecule has 0 saturated carbocycles. The molecule has 0 unspecified atom stereocenters. The highest BCUT2D eigenvalue weighted by Crippen LogP contribution is 2.41. The van der Waals surface area contributed by atoms with E-state index in [2.05, 4.69) is 10.3 Å². The molecule has 0 atom stereocenters. The number of rotatable bonds is 3. The Hall–Kier alpha value is -2.61. The summed E-state index contributed by atoms with van der Waals surface area (Å²) in [5.74, 6) is -0.178. The Kier molecular flexibility index (Phi) is 3.92. The Morgan fingerprint density at radius 2 is 1.88 bits per heavy atom. The van der Waals surface area contributed by atoms with Crippen LogP contribution in [0, 0.1) is 6.92 Å². The lowest BCUT2D eigenvalue weighted by Gasteiger charge is -2.13. The van der Waals surface area contributed by atoms with E-state index in [1.807, 2.05) is 13.0 Å². The van der Waals surface area contributed by atoms with Crippen LogP contribution in [0.25, 0.3) is 0 Å². The fourth-order valence-corrected chi connectivity index (χ4v) is 3.79. The van der Waals surface area contributed by atoms with Gasteiger partial charge in [-0.15, -0.1) is 0 Å². The molecular weight excluding hydrogens is 328 g/mol. The molecule has 2 heterocycles. The van der Waals surface area contributed by atoms with Gasteiger partial charge in [0.1, 0.15) is 0 Å². The van der Waals surface area contributed by atoms with Gasteiger partial charge in [0, 0.05) is 32.2 Å². The van der Waals surface area contributed by atoms with Crippen LogP contribution in [0.5, 0.6) is 0 Å². The van der Waals surface area contributed by atoms with Crippen LogP contribution < -0.4 is 13.9 Å². The first-order chi connectivity index (χ1) is 11.3. The topological polar surface area (TPSA) is 82.6 Å². The van der Waals surface area contributed by atoms with Gasteiger partial charge >= 0.3 is 10.2 Å². The quantitative estimate of drug-likeness (QED) is 0.917. The van der Waals surface area contributed by atoms with E-state index in [0.29, 0.717) is 17.1 Å². The second-order valence-electron chi connectivity index (χ2n) is 5.68. The number of carbonyl (C=O) groups is 1. The van der Waals surface area contributed by atoms with E-state index in [0.717, 1.165) is 11.1 Å². The smallest absolute Gasteiger partial charge is 0.325 e. The Morgan fingerprint density at radius 1 is 1.21 bits per heavy atom. The Bertz CT molecular complexity index is 897. The summed E-state index contributed by atoms with van der Waals surface area (Å²) in [4.78, 5) is 16.2. The lowest BCUT2D eigenvalue weighted by Crippen LogP contribution is -2.32. The average Bonchev–Trinajstić information content (AvgIpc) is 2.70. The highest BCUT2D eigenvalue weighted by Gasteiger charge is 2.35. The average molecular weight is 346 g/mol. The van der Waals surface area contributed by atoms with Crippen LogP contribution in [0.2, 0.25) is 0 Å². The first-order valence-electron chi connectivity index (χ1n) is 7.37. The number of aryl methyl sites for hydroxylation is 1. The van der Waals surface area contributed by atoms with Crippen molar-refractivity contribution in [2.75, 3.05) is 28.0 Å². The van der Waals surface area contributed by atoms with Crippen molar-refractivity contribution < 1.29 is 13.2 Å². The Morgan fingerprint density at radius 3 is 2.50 bits per heavy atom. The van der Waals surface area contributed by atoms with Crippen LogP contribution in [0.4, 0.5) is 17.1 Å². The van der Waals surface area contributed by atoms with Crippen LogP contribution in [-0.4, -0.2) is 33.4 Å². The number of nitrogens with one attached hydrogen (secondary N) is 1. The van der Waals surface area contributed by atoms with Crippen molar-refractivity contribution in [2.24, 2.45) is 0 Å². The van der Waals surface area contributed by atoms with E-state index in [1.165, 1.54) is 22.7 Å². The number of benzene rings is 1. The number of pyridine rings is 1. The minimum atomic E-state index is -3.53. The molecule has 1 aromatic carbocycles. The van der Waals surface area contributed by atoms with Gasteiger partial charge in [-0.1, -0.05) is 6.07 Å². The minimum Gasteiger partial charge on any atom is -0.325 e. The SMILES string of the molecule is Cc1cc2c(cc1NC(=O)Cc1cccnc1)N(C)S(=O)(=O)N2C. The van der Waals surface area contributed by atoms with Gasteiger partial charge in [0.05, 0.1) is 17.8 Å². The molecule has 1 amide bonds. The maximum Gasteiger partial charge on any atom is 0.326 e. The standard InChI is InChI=1S/C16H18N4O3S/c1-11-7-14-15(20(3)24(22,23)19(14)2)9-13(11)18-16(21)8-12-5-4-6-17-10-12/h4-7,9-10H,8H2,1-3H3,(H,18,21). The number of amides is 1. The van der Waals surface area contributed by atoms with Crippen LogP contribution in [0.15, 0.2) is 36.7 Å². The number of hydrogen-bond donors (Lipinski definition) is 1. The summed E-state index contributed by atoms with van der Waals surface area (Å²) < 4.78 is 26.8. The highest BCUT2D eigenvalue weighted by atomic mass is 32.2. The molecule has 1 aromatic heterocycles. The van der Waals surface area contributed by atoms with Crippen LogP contribution in [-0.2, 0) is 21.4 Å². The number of fused-ring (bicyclic) bond motifs is 1. The molecule has 8 heteroatoms. The van der Waals surface area contributed by atoms with Gasteiger partial charge < -0.3 is 5.32 Å². The minimum absolute atomic E-state index is 0.178. The zero-order chi connectivity index (χ0) is 17.5. The number of anilines is 3.